The summed E-state index contributed by atoms with van der Waals surface area (Å²) in [6, 6.07) is 20.6. The van der Waals surface area contributed by atoms with Gasteiger partial charge in [0.15, 0.2) is 11.6 Å². The van der Waals surface area contributed by atoms with Crippen LogP contribution in [0.3, 0.4) is 0 Å². The van der Waals surface area contributed by atoms with Gasteiger partial charge in [0.2, 0.25) is 0 Å². The highest BCUT2D eigenvalue weighted by atomic mass is 16.1. The molecule has 5 rings (SSSR count). The zero-order valence-corrected chi connectivity index (χ0v) is 16.3. The number of hydrogen-bond donors (Lipinski definition) is 2. The number of carbonyl (C=O) groups excluding carboxylic acids is 1. The summed E-state index contributed by atoms with van der Waals surface area (Å²) < 4.78 is 1.77. The molecule has 0 atom stereocenters. The highest BCUT2D eigenvalue weighted by molar-refractivity contribution is 6.05. The van der Waals surface area contributed by atoms with Crippen LogP contribution in [0.5, 0.6) is 0 Å². The Hall–Kier alpha value is -4.59. The maximum Gasteiger partial charge on any atom is 0.257 e. The molecule has 0 fully saturated rings. The first-order valence-corrected chi connectivity index (χ1v) is 9.61. The lowest BCUT2D eigenvalue weighted by Gasteiger charge is -2.09. The third kappa shape index (κ3) is 3.82. The third-order valence-corrected chi connectivity index (χ3v) is 4.73. The van der Waals surface area contributed by atoms with E-state index in [1.165, 1.54) is 6.20 Å². The number of aromatic nitrogens is 6. The van der Waals surface area contributed by atoms with Crippen molar-refractivity contribution in [3.05, 3.63) is 97.2 Å². The summed E-state index contributed by atoms with van der Waals surface area (Å²) >= 11 is 0. The second-order valence-corrected chi connectivity index (χ2v) is 6.75. The van der Waals surface area contributed by atoms with Gasteiger partial charge in [0.1, 0.15) is 12.1 Å². The molecule has 2 N–H and O–H groups in total. The Labute approximate surface area is 177 Å². The number of amides is 1. The zero-order valence-electron chi connectivity index (χ0n) is 16.3. The molecular formula is C23H17N7O. The van der Waals surface area contributed by atoms with Crippen molar-refractivity contribution in [2.24, 2.45) is 0 Å². The van der Waals surface area contributed by atoms with E-state index in [1.807, 2.05) is 54.6 Å². The van der Waals surface area contributed by atoms with Crippen LogP contribution in [0.4, 0.5) is 5.69 Å². The van der Waals surface area contributed by atoms with Crippen LogP contribution in [-0.2, 0) is 0 Å². The molecule has 5 aromatic rings. The number of pyridine rings is 1. The minimum absolute atomic E-state index is 0.264. The Balaban J connectivity index is 1.39. The normalized spacial score (nSPS) is 10.7. The monoisotopic (exact) mass is 407 g/mol. The Morgan fingerprint density at radius 1 is 0.968 bits per heavy atom. The smallest absolute Gasteiger partial charge is 0.257 e. The summed E-state index contributed by atoms with van der Waals surface area (Å²) in [4.78, 5) is 25.7. The molecule has 3 aromatic heterocycles. The van der Waals surface area contributed by atoms with Gasteiger partial charge in [-0.1, -0.05) is 42.5 Å². The van der Waals surface area contributed by atoms with Crippen molar-refractivity contribution in [2.45, 2.75) is 0 Å². The lowest BCUT2D eigenvalue weighted by atomic mass is 10.1. The maximum atomic E-state index is 12.8. The first-order valence-electron chi connectivity index (χ1n) is 9.61. The van der Waals surface area contributed by atoms with Crippen LogP contribution < -0.4 is 5.32 Å². The van der Waals surface area contributed by atoms with Crippen LogP contribution in [0.1, 0.15) is 10.4 Å². The summed E-state index contributed by atoms with van der Waals surface area (Å²) in [5, 5.41) is 10.2. The van der Waals surface area contributed by atoms with E-state index in [4.69, 9.17) is 0 Å². The average Bonchev–Trinajstić information content (AvgIpc) is 3.53. The molecule has 0 saturated heterocycles. The van der Waals surface area contributed by atoms with Crippen molar-refractivity contribution in [3.8, 4) is 28.6 Å². The topological polar surface area (TPSA) is 101 Å². The number of imidazole rings is 1. The minimum atomic E-state index is -0.264. The van der Waals surface area contributed by atoms with Crippen molar-refractivity contribution in [1.29, 1.82) is 0 Å². The fraction of sp³-hybridized carbons (Fsp3) is 0. The van der Waals surface area contributed by atoms with E-state index in [1.54, 1.807) is 35.4 Å². The standard InChI is InChI=1S/C23H17N7O/c31-23(17-10-11-20(25-14-17)30-13-12-24-15-30)26-19-9-5-4-8-18(19)22-27-21(28-29-22)16-6-2-1-3-7-16/h1-15H,(H,26,31)(H,27,28,29). The molecule has 0 radical (unpaired) electrons. The second-order valence-electron chi connectivity index (χ2n) is 6.75. The number of aromatic amines is 1. The van der Waals surface area contributed by atoms with Crippen LogP contribution in [0.25, 0.3) is 28.6 Å². The molecule has 31 heavy (non-hydrogen) atoms. The Bertz CT molecular complexity index is 1310. The number of carbonyl (C=O) groups is 1. The summed E-state index contributed by atoms with van der Waals surface area (Å²) in [6.07, 6.45) is 6.65. The van der Waals surface area contributed by atoms with Crippen LogP contribution in [0, 0.1) is 0 Å². The summed E-state index contributed by atoms with van der Waals surface area (Å²) in [5.41, 5.74) is 2.73. The molecule has 8 nitrogen and oxygen atoms in total. The molecule has 0 spiro atoms. The summed E-state index contributed by atoms with van der Waals surface area (Å²) in [6.45, 7) is 0. The van der Waals surface area contributed by atoms with E-state index in [9.17, 15) is 4.79 Å². The molecule has 1 amide bonds. The number of H-pyrrole nitrogens is 1. The van der Waals surface area contributed by atoms with Gasteiger partial charge in [-0.25, -0.2) is 15.0 Å². The van der Waals surface area contributed by atoms with E-state index >= 15 is 0 Å². The molecule has 0 aliphatic rings. The number of nitrogens with zero attached hydrogens (tertiary/aromatic N) is 5. The van der Waals surface area contributed by atoms with Gasteiger partial charge in [0.25, 0.3) is 5.91 Å². The number of hydrogen-bond acceptors (Lipinski definition) is 5. The van der Waals surface area contributed by atoms with E-state index in [0.717, 1.165) is 11.1 Å². The predicted molar refractivity (Wildman–Crippen MR) is 117 cm³/mol. The largest absolute Gasteiger partial charge is 0.321 e. The molecule has 0 saturated carbocycles. The van der Waals surface area contributed by atoms with Crippen molar-refractivity contribution in [3.63, 3.8) is 0 Å². The summed E-state index contributed by atoms with van der Waals surface area (Å²) in [7, 11) is 0. The van der Waals surface area contributed by atoms with Gasteiger partial charge in [0, 0.05) is 29.7 Å². The highest BCUT2D eigenvalue weighted by Gasteiger charge is 2.14. The molecule has 0 bridgehead atoms. The zero-order chi connectivity index (χ0) is 21.0. The first kappa shape index (κ1) is 18.4. The van der Waals surface area contributed by atoms with Crippen molar-refractivity contribution in [1.82, 2.24) is 29.7 Å². The SMILES string of the molecule is O=C(Nc1ccccc1-c1nc(-c2ccccc2)n[nH]1)c1ccc(-n2ccnc2)nc1. The number of anilines is 1. The van der Waals surface area contributed by atoms with Gasteiger partial charge in [-0.15, -0.1) is 0 Å². The fourth-order valence-corrected chi connectivity index (χ4v) is 3.16. The van der Waals surface area contributed by atoms with E-state index < -0.39 is 0 Å². The fourth-order valence-electron chi connectivity index (χ4n) is 3.16. The molecule has 2 aromatic carbocycles. The number of benzene rings is 2. The lowest BCUT2D eigenvalue weighted by molar-refractivity contribution is 0.102. The van der Waals surface area contributed by atoms with E-state index in [0.29, 0.717) is 28.7 Å². The number of para-hydroxylation sites is 1. The molecule has 8 heteroatoms. The molecular weight excluding hydrogens is 390 g/mol. The quantitative estimate of drug-likeness (QED) is 0.459. The van der Waals surface area contributed by atoms with Gasteiger partial charge < -0.3 is 5.32 Å². The maximum absolute atomic E-state index is 12.8. The van der Waals surface area contributed by atoms with Crippen LogP contribution in [-0.4, -0.2) is 35.6 Å². The van der Waals surface area contributed by atoms with Crippen molar-refractivity contribution in [2.75, 3.05) is 5.32 Å². The van der Waals surface area contributed by atoms with Crippen LogP contribution >= 0.6 is 0 Å². The van der Waals surface area contributed by atoms with Crippen molar-refractivity contribution >= 4 is 11.6 Å². The summed E-state index contributed by atoms with van der Waals surface area (Å²) in [5.74, 6) is 1.59. The molecule has 0 unspecified atom stereocenters. The lowest BCUT2D eigenvalue weighted by Crippen LogP contribution is -2.13. The van der Waals surface area contributed by atoms with Gasteiger partial charge in [-0.3, -0.25) is 14.5 Å². The Morgan fingerprint density at radius 3 is 2.58 bits per heavy atom. The van der Waals surface area contributed by atoms with Gasteiger partial charge in [-0.05, 0) is 24.3 Å². The second kappa shape index (κ2) is 8.03. The van der Waals surface area contributed by atoms with E-state index in [-0.39, 0.29) is 5.91 Å². The Kier molecular flexibility index (Phi) is 4.78. The van der Waals surface area contributed by atoms with Gasteiger partial charge in [0.05, 0.1) is 11.3 Å². The molecule has 0 aliphatic carbocycles. The first-order chi connectivity index (χ1) is 15.3. The molecule has 150 valence electrons. The predicted octanol–water partition coefficient (Wildman–Crippen LogP) is 3.97. The third-order valence-electron chi connectivity index (χ3n) is 4.73. The molecule has 3 heterocycles. The minimum Gasteiger partial charge on any atom is -0.321 e. The average molecular weight is 407 g/mol. The van der Waals surface area contributed by atoms with E-state index in [2.05, 4.69) is 30.5 Å². The van der Waals surface area contributed by atoms with Crippen LogP contribution in [0.15, 0.2) is 91.6 Å². The van der Waals surface area contributed by atoms with Crippen molar-refractivity contribution < 1.29 is 4.79 Å². The van der Waals surface area contributed by atoms with Crippen LogP contribution in [0.2, 0.25) is 0 Å². The number of nitrogens with one attached hydrogen (secondary N) is 2. The Morgan fingerprint density at radius 2 is 1.81 bits per heavy atom. The molecule has 0 aliphatic heterocycles. The highest BCUT2D eigenvalue weighted by Crippen LogP contribution is 2.27. The van der Waals surface area contributed by atoms with Gasteiger partial charge in [-0.2, -0.15) is 5.10 Å². The van der Waals surface area contributed by atoms with Gasteiger partial charge >= 0.3 is 0 Å². The number of rotatable bonds is 5.